The molecule has 0 spiro atoms. The van der Waals surface area contributed by atoms with Gasteiger partial charge in [0.2, 0.25) is 0 Å². The number of carbonyl (C=O) groups excluding carboxylic acids is 1. The fourth-order valence-corrected chi connectivity index (χ4v) is 4.22. The molecule has 0 saturated carbocycles. The fraction of sp³-hybridized carbons (Fsp3) is 0. The van der Waals surface area contributed by atoms with Crippen LogP contribution in [-0.2, 0) is 14.9 Å². The molecule has 1 amide bonds. The minimum atomic E-state index is -4.27. The van der Waals surface area contributed by atoms with Crippen LogP contribution in [0.1, 0.15) is 5.56 Å². The lowest BCUT2D eigenvalue weighted by Crippen LogP contribution is -2.18. The third-order valence-electron chi connectivity index (χ3n) is 3.46. The molecule has 1 saturated heterocycles. The lowest BCUT2D eigenvalue weighted by molar-refractivity contribution is -0.384. The molecule has 1 fully saturated rings. The Morgan fingerprint density at radius 1 is 1.21 bits per heavy atom. The highest BCUT2D eigenvalue weighted by Gasteiger charge is 2.24. The number of halogens is 1. The van der Waals surface area contributed by atoms with E-state index >= 15 is 0 Å². The van der Waals surface area contributed by atoms with Gasteiger partial charge < -0.3 is 9.50 Å². The summed E-state index contributed by atoms with van der Waals surface area (Å²) in [6.45, 7) is 0. The molecule has 0 aliphatic carbocycles. The Bertz CT molecular complexity index is 1130. The summed E-state index contributed by atoms with van der Waals surface area (Å²) in [6, 6.07) is 8.80. The summed E-state index contributed by atoms with van der Waals surface area (Å²) < 4.78 is 30.9. The van der Waals surface area contributed by atoms with Crippen LogP contribution < -0.4 is 9.50 Å². The number of nitro benzene ring substituents is 1. The summed E-state index contributed by atoms with van der Waals surface area (Å²) >= 11 is 4.17. The average molecular weight is 484 g/mol. The van der Waals surface area contributed by atoms with Gasteiger partial charge in [0.25, 0.3) is 11.6 Å². The molecule has 0 radical (unpaired) electrons. The first kappa shape index (κ1) is 20.0. The van der Waals surface area contributed by atoms with Crippen molar-refractivity contribution in [2.45, 2.75) is 4.90 Å². The standard InChI is InChI=1S/C16H10BrN3O6S2/c17-10-1-6-13(9(7-10)8-14-15(21)19-16(18)27-14)26-28(24,25)12-4-2-11(3-5-12)20(22)23/h1-8H,(H2,18,19,21)/b14-8-. The lowest BCUT2D eigenvalue weighted by atomic mass is 10.2. The van der Waals surface area contributed by atoms with Crippen molar-refractivity contribution >= 4 is 60.6 Å². The maximum atomic E-state index is 12.5. The van der Waals surface area contributed by atoms with Crippen molar-refractivity contribution in [1.82, 2.24) is 5.32 Å². The van der Waals surface area contributed by atoms with Gasteiger partial charge in [-0.2, -0.15) is 8.42 Å². The maximum absolute atomic E-state index is 12.5. The number of nitrogens with one attached hydrogen (secondary N) is 2. The van der Waals surface area contributed by atoms with E-state index < -0.39 is 20.9 Å². The van der Waals surface area contributed by atoms with Crippen molar-refractivity contribution in [3.8, 4) is 5.75 Å². The molecule has 0 bridgehead atoms. The third-order valence-corrected chi connectivity index (χ3v) is 6.03. The Labute approximate surface area is 171 Å². The highest BCUT2D eigenvalue weighted by Crippen LogP contribution is 2.32. The second kappa shape index (κ2) is 7.73. The van der Waals surface area contributed by atoms with Gasteiger partial charge in [0, 0.05) is 22.2 Å². The molecule has 2 N–H and O–H groups in total. The summed E-state index contributed by atoms with van der Waals surface area (Å²) in [5.41, 5.74) is 0.0481. The minimum absolute atomic E-state index is 0.0350. The number of non-ortho nitro benzene ring substituents is 1. The molecule has 0 atom stereocenters. The fourth-order valence-electron chi connectivity index (χ4n) is 2.19. The van der Waals surface area contributed by atoms with Crippen LogP contribution in [0.3, 0.4) is 0 Å². The highest BCUT2D eigenvalue weighted by molar-refractivity contribution is 9.10. The molecule has 28 heavy (non-hydrogen) atoms. The predicted octanol–water partition coefficient (Wildman–Crippen LogP) is 3.26. The number of thioether (sulfide) groups is 1. The largest absolute Gasteiger partial charge is 0.378 e. The summed E-state index contributed by atoms with van der Waals surface area (Å²) in [4.78, 5) is 21.8. The topological polar surface area (TPSA) is 139 Å². The number of hydrogen-bond donors (Lipinski definition) is 2. The summed E-state index contributed by atoms with van der Waals surface area (Å²) in [5.74, 6) is -0.514. The van der Waals surface area contributed by atoms with Gasteiger partial charge in [-0.1, -0.05) is 15.9 Å². The van der Waals surface area contributed by atoms with E-state index in [1.54, 1.807) is 12.1 Å². The van der Waals surface area contributed by atoms with Gasteiger partial charge in [0.1, 0.15) is 10.6 Å². The van der Waals surface area contributed by atoms with Crippen LogP contribution in [0.2, 0.25) is 0 Å². The van der Waals surface area contributed by atoms with Crippen molar-refractivity contribution in [2.24, 2.45) is 0 Å². The SMILES string of the molecule is N=C1NC(=O)/C(=C/c2cc(Br)ccc2OS(=O)(=O)c2ccc([N+](=O)[O-])cc2)S1. The zero-order valence-corrected chi connectivity index (χ0v) is 16.9. The zero-order valence-electron chi connectivity index (χ0n) is 13.7. The molecule has 12 heteroatoms. The molecule has 1 aliphatic rings. The van der Waals surface area contributed by atoms with Gasteiger partial charge in [-0.15, -0.1) is 0 Å². The average Bonchev–Trinajstić information content (AvgIpc) is 2.94. The maximum Gasteiger partial charge on any atom is 0.339 e. The molecule has 144 valence electrons. The molecule has 2 aromatic carbocycles. The Morgan fingerprint density at radius 3 is 2.46 bits per heavy atom. The minimum Gasteiger partial charge on any atom is -0.378 e. The van der Waals surface area contributed by atoms with Crippen molar-refractivity contribution in [2.75, 3.05) is 0 Å². The number of hydrogen-bond acceptors (Lipinski definition) is 8. The van der Waals surface area contributed by atoms with Crippen LogP contribution in [0, 0.1) is 15.5 Å². The van der Waals surface area contributed by atoms with E-state index in [0.29, 0.717) is 10.0 Å². The van der Waals surface area contributed by atoms with Crippen LogP contribution in [0.15, 0.2) is 56.7 Å². The van der Waals surface area contributed by atoms with E-state index in [1.807, 2.05) is 0 Å². The number of rotatable bonds is 5. The van der Waals surface area contributed by atoms with Gasteiger partial charge >= 0.3 is 10.1 Å². The van der Waals surface area contributed by atoms with Crippen LogP contribution in [-0.4, -0.2) is 24.4 Å². The van der Waals surface area contributed by atoms with Gasteiger partial charge in [-0.05, 0) is 48.2 Å². The van der Waals surface area contributed by atoms with Gasteiger partial charge in [0.05, 0.1) is 9.83 Å². The van der Waals surface area contributed by atoms with Crippen molar-refractivity contribution in [1.29, 1.82) is 5.41 Å². The van der Waals surface area contributed by atoms with E-state index in [-0.39, 0.29) is 26.4 Å². The molecule has 9 nitrogen and oxygen atoms in total. The molecule has 3 rings (SSSR count). The van der Waals surface area contributed by atoms with E-state index in [2.05, 4.69) is 21.2 Å². The molecule has 0 aromatic heterocycles. The summed E-state index contributed by atoms with van der Waals surface area (Å²) in [6.07, 6.45) is 1.41. The van der Waals surface area contributed by atoms with E-state index in [0.717, 1.165) is 36.0 Å². The number of amidine groups is 1. The predicted molar refractivity (Wildman–Crippen MR) is 106 cm³/mol. The molecule has 2 aromatic rings. The van der Waals surface area contributed by atoms with E-state index in [9.17, 15) is 23.3 Å². The number of nitrogens with zero attached hydrogens (tertiary/aromatic N) is 1. The van der Waals surface area contributed by atoms with Crippen molar-refractivity contribution in [3.05, 3.63) is 67.5 Å². The van der Waals surface area contributed by atoms with E-state index in [4.69, 9.17) is 9.59 Å². The Morgan fingerprint density at radius 2 is 1.89 bits per heavy atom. The Hall–Kier alpha value is -2.70. The smallest absolute Gasteiger partial charge is 0.339 e. The number of amides is 1. The molecule has 1 heterocycles. The van der Waals surface area contributed by atoms with Crippen molar-refractivity contribution in [3.63, 3.8) is 0 Å². The van der Waals surface area contributed by atoms with Crippen LogP contribution in [0.4, 0.5) is 5.69 Å². The Balaban J connectivity index is 1.96. The second-order valence-electron chi connectivity index (χ2n) is 5.36. The summed E-state index contributed by atoms with van der Waals surface area (Å²) in [5, 5.41) is 20.5. The highest BCUT2D eigenvalue weighted by atomic mass is 79.9. The number of benzene rings is 2. The normalized spacial score (nSPS) is 15.5. The first-order chi connectivity index (χ1) is 13.2. The molecular formula is C16H10BrN3O6S2. The van der Waals surface area contributed by atoms with Crippen LogP contribution in [0.5, 0.6) is 5.75 Å². The number of carbonyl (C=O) groups is 1. The third kappa shape index (κ3) is 4.40. The lowest BCUT2D eigenvalue weighted by Gasteiger charge is -2.10. The molecular weight excluding hydrogens is 474 g/mol. The number of nitro groups is 1. The van der Waals surface area contributed by atoms with Gasteiger partial charge in [0.15, 0.2) is 5.17 Å². The monoisotopic (exact) mass is 483 g/mol. The second-order valence-corrected chi connectivity index (χ2v) is 8.88. The molecule has 1 aliphatic heterocycles. The first-order valence-corrected chi connectivity index (χ1v) is 10.5. The quantitative estimate of drug-likeness (QED) is 0.287. The van der Waals surface area contributed by atoms with Gasteiger partial charge in [-0.3, -0.25) is 20.3 Å². The summed E-state index contributed by atoms with van der Waals surface area (Å²) in [7, 11) is -4.27. The van der Waals surface area contributed by atoms with Gasteiger partial charge in [-0.25, -0.2) is 0 Å². The van der Waals surface area contributed by atoms with Crippen LogP contribution >= 0.6 is 27.7 Å². The van der Waals surface area contributed by atoms with Crippen molar-refractivity contribution < 1.29 is 22.3 Å². The molecule has 0 unspecified atom stereocenters. The first-order valence-electron chi connectivity index (χ1n) is 7.44. The van der Waals surface area contributed by atoms with Crippen LogP contribution in [0.25, 0.3) is 6.08 Å². The Kier molecular flexibility index (Phi) is 5.54. The zero-order chi connectivity index (χ0) is 20.5. The van der Waals surface area contributed by atoms with E-state index in [1.165, 1.54) is 12.1 Å².